The van der Waals surface area contributed by atoms with Crippen LogP contribution in [0.25, 0.3) is 0 Å². The summed E-state index contributed by atoms with van der Waals surface area (Å²) in [6.07, 6.45) is 0.271. The van der Waals surface area contributed by atoms with Gasteiger partial charge in [0.2, 0.25) is 11.8 Å². The van der Waals surface area contributed by atoms with Crippen LogP contribution in [0, 0.1) is 12.8 Å². The summed E-state index contributed by atoms with van der Waals surface area (Å²) in [5.74, 6) is 0.477. The number of hydrogen-bond donors (Lipinski definition) is 1. The molecule has 160 valence electrons. The van der Waals surface area contributed by atoms with Crippen molar-refractivity contribution in [1.82, 2.24) is 15.1 Å². The Morgan fingerprint density at radius 3 is 2.43 bits per heavy atom. The number of benzene rings is 2. The van der Waals surface area contributed by atoms with Crippen LogP contribution in [0.3, 0.4) is 0 Å². The monoisotopic (exact) mass is 409 g/mol. The van der Waals surface area contributed by atoms with E-state index in [1.807, 2.05) is 69.6 Å². The van der Waals surface area contributed by atoms with Crippen LogP contribution in [0.15, 0.2) is 48.5 Å². The number of ether oxygens (including phenoxy) is 1. The maximum atomic E-state index is 12.8. The van der Waals surface area contributed by atoms with E-state index in [-0.39, 0.29) is 30.2 Å². The molecule has 0 unspecified atom stereocenters. The molecule has 0 bridgehead atoms. The second kappa shape index (κ2) is 9.76. The third kappa shape index (κ3) is 5.39. The molecule has 0 radical (unpaired) electrons. The summed E-state index contributed by atoms with van der Waals surface area (Å²) in [4.78, 5) is 29.0. The Morgan fingerprint density at radius 1 is 1.17 bits per heavy atom. The highest BCUT2D eigenvalue weighted by atomic mass is 16.5. The number of likely N-dealkylation sites (N-methyl/N-ethyl adjacent to an activating group) is 1. The average Bonchev–Trinajstić information content (AvgIpc) is 3.10. The van der Waals surface area contributed by atoms with E-state index in [2.05, 4.69) is 10.2 Å². The highest BCUT2D eigenvalue weighted by molar-refractivity contribution is 5.89. The molecule has 3 rings (SSSR count). The quantitative estimate of drug-likeness (QED) is 0.728. The molecule has 1 N–H and O–H groups in total. The zero-order valence-corrected chi connectivity index (χ0v) is 18.2. The molecule has 0 aliphatic carbocycles. The zero-order valence-electron chi connectivity index (χ0n) is 18.2. The van der Waals surface area contributed by atoms with Gasteiger partial charge in [-0.25, -0.2) is 0 Å². The molecule has 2 aromatic rings. The number of likely N-dealkylation sites (tertiary alicyclic amines) is 1. The molecule has 2 amide bonds. The Hall–Kier alpha value is -2.86. The number of hydrogen-bond acceptors (Lipinski definition) is 4. The molecule has 1 heterocycles. The minimum absolute atomic E-state index is 0.0371. The standard InChI is InChI=1S/C24H31N3O3/c1-17-5-7-18(8-6-17)15-27-16-20(13-23(27)28)24(29)25-14-22(26(2)3)19-9-11-21(30-4)12-10-19/h5-12,20,22H,13-16H2,1-4H3,(H,25,29)/t20-,22-/m1/s1. The molecule has 1 saturated heterocycles. The number of nitrogens with zero attached hydrogens (tertiary/aromatic N) is 2. The third-order valence-electron chi connectivity index (χ3n) is 5.67. The molecule has 2 aromatic carbocycles. The number of methoxy groups -OCH3 is 1. The molecule has 0 aromatic heterocycles. The fourth-order valence-electron chi connectivity index (χ4n) is 3.78. The highest BCUT2D eigenvalue weighted by Crippen LogP contribution is 2.23. The molecule has 1 fully saturated rings. The van der Waals surface area contributed by atoms with E-state index in [0.29, 0.717) is 19.6 Å². The van der Waals surface area contributed by atoms with Crippen molar-refractivity contribution in [3.8, 4) is 5.75 Å². The summed E-state index contributed by atoms with van der Waals surface area (Å²) in [6.45, 7) is 3.54. The van der Waals surface area contributed by atoms with Gasteiger partial charge in [0.05, 0.1) is 19.1 Å². The van der Waals surface area contributed by atoms with E-state index < -0.39 is 0 Å². The van der Waals surface area contributed by atoms with Gasteiger partial charge in [-0.15, -0.1) is 0 Å². The fourth-order valence-corrected chi connectivity index (χ4v) is 3.78. The average molecular weight is 410 g/mol. The van der Waals surface area contributed by atoms with Crippen LogP contribution >= 0.6 is 0 Å². The Kier molecular flexibility index (Phi) is 7.11. The van der Waals surface area contributed by atoms with Crippen LogP contribution in [0.4, 0.5) is 0 Å². The smallest absolute Gasteiger partial charge is 0.225 e. The van der Waals surface area contributed by atoms with Crippen molar-refractivity contribution in [3.05, 3.63) is 65.2 Å². The van der Waals surface area contributed by atoms with Gasteiger partial charge in [-0.1, -0.05) is 42.0 Å². The lowest BCUT2D eigenvalue weighted by Crippen LogP contribution is -2.38. The Labute approximate surface area is 178 Å². The molecule has 30 heavy (non-hydrogen) atoms. The van der Waals surface area contributed by atoms with Crippen molar-refractivity contribution in [2.45, 2.75) is 25.9 Å². The molecule has 0 saturated carbocycles. The molecule has 1 aliphatic rings. The van der Waals surface area contributed by atoms with Crippen molar-refractivity contribution in [2.24, 2.45) is 5.92 Å². The second-order valence-corrected chi connectivity index (χ2v) is 8.16. The molecule has 0 spiro atoms. The lowest BCUT2D eigenvalue weighted by Gasteiger charge is -2.26. The summed E-state index contributed by atoms with van der Waals surface area (Å²) in [7, 11) is 5.62. The van der Waals surface area contributed by atoms with Crippen molar-refractivity contribution in [2.75, 3.05) is 34.3 Å². The number of carbonyl (C=O) groups is 2. The van der Waals surface area contributed by atoms with Crippen LogP contribution in [0.1, 0.15) is 29.2 Å². The van der Waals surface area contributed by atoms with Gasteiger partial charge in [-0.2, -0.15) is 0 Å². The van der Waals surface area contributed by atoms with E-state index in [1.165, 1.54) is 5.56 Å². The highest BCUT2D eigenvalue weighted by Gasteiger charge is 2.34. The summed E-state index contributed by atoms with van der Waals surface area (Å²) in [5.41, 5.74) is 3.38. The Balaban J connectivity index is 1.56. The van der Waals surface area contributed by atoms with E-state index >= 15 is 0 Å². The van der Waals surface area contributed by atoms with Crippen molar-refractivity contribution in [3.63, 3.8) is 0 Å². The first-order chi connectivity index (χ1) is 14.4. The van der Waals surface area contributed by atoms with Gasteiger partial charge < -0.3 is 19.9 Å². The first-order valence-electron chi connectivity index (χ1n) is 10.3. The lowest BCUT2D eigenvalue weighted by molar-refractivity contribution is -0.129. The van der Waals surface area contributed by atoms with E-state index in [0.717, 1.165) is 16.9 Å². The van der Waals surface area contributed by atoms with Gasteiger partial charge in [0.15, 0.2) is 0 Å². The molecule has 1 aliphatic heterocycles. The van der Waals surface area contributed by atoms with Crippen molar-refractivity contribution >= 4 is 11.8 Å². The summed E-state index contributed by atoms with van der Waals surface area (Å²) >= 11 is 0. The number of carbonyl (C=O) groups excluding carboxylic acids is 2. The number of aryl methyl sites for hydroxylation is 1. The first-order valence-corrected chi connectivity index (χ1v) is 10.3. The molecule has 6 nitrogen and oxygen atoms in total. The zero-order chi connectivity index (χ0) is 21.7. The number of rotatable bonds is 8. The Morgan fingerprint density at radius 2 is 1.83 bits per heavy atom. The number of amides is 2. The predicted molar refractivity (Wildman–Crippen MR) is 117 cm³/mol. The fraction of sp³-hybridized carbons (Fsp3) is 0.417. The van der Waals surface area contributed by atoms with Gasteiger partial charge in [-0.05, 0) is 44.3 Å². The Bertz CT molecular complexity index is 862. The SMILES string of the molecule is COc1ccc([C@@H](CNC(=O)[C@@H]2CC(=O)N(Cc3ccc(C)cc3)C2)N(C)C)cc1. The largest absolute Gasteiger partial charge is 0.497 e. The summed E-state index contributed by atoms with van der Waals surface area (Å²) in [6, 6.07) is 16.1. The minimum atomic E-state index is -0.304. The predicted octanol–water partition coefficient (Wildman–Crippen LogP) is 2.77. The topological polar surface area (TPSA) is 61.9 Å². The maximum Gasteiger partial charge on any atom is 0.225 e. The molecular weight excluding hydrogens is 378 g/mol. The summed E-state index contributed by atoms with van der Waals surface area (Å²) < 4.78 is 5.22. The number of nitrogens with one attached hydrogen (secondary N) is 1. The maximum absolute atomic E-state index is 12.8. The molecular formula is C24H31N3O3. The first kappa shape index (κ1) is 21.8. The van der Waals surface area contributed by atoms with Crippen LogP contribution in [0.2, 0.25) is 0 Å². The lowest BCUT2D eigenvalue weighted by atomic mass is 10.0. The van der Waals surface area contributed by atoms with Crippen molar-refractivity contribution < 1.29 is 14.3 Å². The molecule has 2 atom stereocenters. The minimum Gasteiger partial charge on any atom is -0.497 e. The van der Waals surface area contributed by atoms with Gasteiger partial charge in [-0.3, -0.25) is 9.59 Å². The molecule has 6 heteroatoms. The normalized spacial score (nSPS) is 17.3. The van der Waals surface area contributed by atoms with Crippen LogP contribution < -0.4 is 10.1 Å². The van der Waals surface area contributed by atoms with Crippen LogP contribution in [-0.4, -0.2) is 55.9 Å². The van der Waals surface area contributed by atoms with Gasteiger partial charge in [0.1, 0.15) is 5.75 Å². The van der Waals surface area contributed by atoms with Gasteiger partial charge in [0.25, 0.3) is 0 Å². The van der Waals surface area contributed by atoms with E-state index in [4.69, 9.17) is 4.74 Å². The van der Waals surface area contributed by atoms with Gasteiger partial charge >= 0.3 is 0 Å². The van der Waals surface area contributed by atoms with E-state index in [9.17, 15) is 9.59 Å². The van der Waals surface area contributed by atoms with Gasteiger partial charge in [0, 0.05) is 26.1 Å². The van der Waals surface area contributed by atoms with E-state index in [1.54, 1.807) is 12.0 Å². The third-order valence-corrected chi connectivity index (χ3v) is 5.67. The van der Waals surface area contributed by atoms with Crippen molar-refractivity contribution in [1.29, 1.82) is 0 Å². The second-order valence-electron chi connectivity index (χ2n) is 8.16. The summed E-state index contributed by atoms with van der Waals surface area (Å²) in [5, 5.41) is 3.05. The van der Waals surface area contributed by atoms with Crippen LogP contribution in [0.5, 0.6) is 5.75 Å². The van der Waals surface area contributed by atoms with Crippen LogP contribution in [-0.2, 0) is 16.1 Å².